The summed E-state index contributed by atoms with van der Waals surface area (Å²) < 4.78 is 37.0. The molecule has 1 aromatic carbocycles. The SMILES string of the molecule is N#Cc1cc(CCl)cc(C(=O)O)c1SC(F)(F)F. The van der Waals surface area contributed by atoms with E-state index in [4.69, 9.17) is 22.0 Å². The first-order valence-corrected chi connectivity index (χ1v) is 5.75. The highest BCUT2D eigenvalue weighted by Crippen LogP contribution is 2.40. The van der Waals surface area contributed by atoms with E-state index < -0.39 is 33.7 Å². The number of alkyl halides is 4. The maximum Gasteiger partial charge on any atom is 0.446 e. The highest BCUT2D eigenvalue weighted by molar-refractivity contribution is 8.00. The number of carboxylic acids is 1. The number of carbonyl (C=O) groups is 1. The van der Waals surface area contributed by atoms with Gasteiger partial charge in [-0.2, -0.15) is 18.4 Å². The molecule has 0 aliphatic rings. The van der Waals surface area contributed by atoms with E-state index in [1.54, 1.807) is 6.07 Å². The molecule has 0 aliphatic carbocycles. The Balaban J connectivity index is 3.46. The molecular weight excluding hydrogens is 291 g/mol. The number of thioether (sulfide) groups is 1. The smallest absolute Gasteiger partial charge is 0.446 e. The normalized spacial score (nSPS) is 11.1. The van der Waals surface area contributed by atoms with Crippen LogP contribution in [0.2, 0.25) is 0 Å². The van der Waals surface area contributed by atoms with Crippen molar-refractivity contribution in [3.63, 3.8) is 0 Å². The van der Waals surface area contributed by atoms with Gasteiger partial charge in [0.2, 0.25) is 0 Å². The first-order chi connectivity index (χ1) is 8.28. The van der Waals surface area contributed by atoms with Gasteiger partial charge in [-0.3, -0.25) is 0 Å². The quantitative estimate of drug-likeness (QED) is 0.683. The molecule has 0 bridgehead atoms. The number of halogens is 4. The Morgan fingerprint density at radius 2 is 2.11 bits per heavy atom. The molecule has 18 heavy (non-hydrogen) atoms. The summed E-state index contributed by atoms with van der Waals surface area (Å²) in [6.07, 6.45) is 0. The van der Waals surface area contributed by atoms with Gasteiger partial charge < -0.3 is 5.11 Å². The van der Waals surface area contributed by atoms with Gasteiger partial charge in [0, 0.05) is 10.8 Å². The van der Waals surface area contributed by atoms with Crippen molar-refractivity contribution in [1.29, 1.82) is 5.26 Å². The molecule has 0 atom stereocenters. The van der Waals surface area contributed by atoms with E-state index in [0.29, 0.717) is 0 Å². The molecule has 0 amide bonds. The van der Waals surface area contributed by atoms with Gasteiger partial charge in [-0.25, -0.2) is 4.79 Å². The molecule has 1 N–H and O–H groups in total. The van der Waals surface area contributed by atoms with Gasteiger partial charge in [0.05, 0.1) is 11.1 Å². The number of aromatic carboxylic acids is 1. The van der Waals surface area contributed by atoms with Crippen molar-refractivity contribution >= 4 is 29.3 Å². The highest BCUT2D eigenvalue weighted by Gasteiger charge is 2.33. The van der Waals surface area contributed by atoms with Gasteiger partial charge >= 0.3 is 11.5 Å². The van der Waals surface area contributed by atoms with Crippen molar-refractivity contribution in [1.82, 2.24) is 0 Å². The molecule has 0 aliphatic heterocycles. The Bertz CT molecular complexity index is 525. The van der Waals surface area contributed by atoms with Gasteiger partial charge in [-0.15, -0.1) is 11.6 Å². The van der Waals surface area contributed by atoms with E-state index in [0.717, 1.165) is 12.1 Å². The van der Waals surface area contributed by atoms with Crippen LogP contribution in [0.25, 0.3) is 0 Å². The molecule has 0 aromatic heterocycles. The number of hydrogen-bond acceptors (Lipinski definition) is 3. The minimum absolute atomic E-state index is 0.0913. The molecule has 0 saturated carbocycles. The second-order valence-corrected chi connectivity index (χ2v) is 4.46. The number of rotatable bonds is 3. The highest BCUT2D eigenvalue weighted by atomic mass is 35.5. The van der Waals surface area contributed by atoms with Crippen LogP contribution in [-0.4, -0.2) is 16.6 Å². The van der Waals surface area contributed by atoms with Gasteiger partial charge in [0.15, 0.2) is 0 Å². The molecule has 0 heterocycles. The molecule has 0 radical (unpaired) electrons. The lowest BCUT2D eigenvalue weighted by Crippen LogP contribution is -2.07. The second-order valence-electron chi connectivity index (χ2n) is 3.12. The van der Waals surface area contributed by atoms with Crippen molar-refractivity contribution in [3.8, 4) is 6.07 Å². The van der Waals surface area contributed by atoms with E-state index in [2.05, 4.69) is 0 Å². The van der Waals surface area contributed by atoms with Gasteiger partial charge in [-0.05, 0) is 29.5 Å². The summed E-state index contributed by atoms with van der Waals surface area (Å²) in [7, 11) is 0. The average molecular weight is 296 g/mol. The van der Waals surface area contributed by atoms with Gasteiger partial charge in [0.25, 0.3) is 0 Å². The topological polar surface area (TPSA) is 61.1 Å². The molecule has 0 saturated heterocycles. The van der Waals surface area contributed by atoms with Crippen LogP contribution < -0.4 is 0 Å². The Morgan fingerprint density at radius 3 is 2.50 bits per heavy atom. The fourth-order valence-corrected chi connectivity index (χ4v) is 2.09. The molecule has 3 nitrogen and oxygen atoms in total. The number of nitrogens with zero attached hydrogens (tertiary/aromatic N) is 1. The third-order valence-corrected chi connectivity index (χ3v) is 3.06. The number of nitriles is 1. The number of benzene rings is 1. The fourth-order valence-electron chi connectivity index (χ4n) is 1.23. The molecule has 0 spiro atoms. The zero-order valence-electron chi connectivity index (χ0n) is 8.58. The molecule has 1 aromatic rings. The van der Waals surface area contributed by atoms with Crippen LogP contribution >= 0.6 is 23.4 Å². The van der Waals surface area contributed by atoms with Crippen LogP contribution in [0.4, 0.5) is 13.2 Å². The number of hydrogen-bond donors (Lipinski definition) is 1. The Labute approximate surface area is 109 Å². The first kappa shape index (κ1) is 14.7. The molecule has 96 valence electrons. The molecule has 0 fully saturated rings. The zero-order valence-corrected chi connectivity index (χ0v) is 10.2. The minimum Gasteiger partial charge on any atom is -0.478 e. The van der Waals surface area contributed by atoms with Crippen LogP contribution in [0.15, 0.2) is 17.0 Å². The van der Waals surface area contributed by atoms with Crippen LogP contribution in [0.1, 0.15) is 21.5 Å². The second kappa shape index (κ2) is 5.50. The number of carboxylic acid groups (broad SMARTS) is 1. The van der Waals surface area contributed by atoms with Crippen molar-refractivity contribution in [2.45, 2.75) is 16.3 Å². The van der Waals surface area contributed by atoms with Crippen LogP contribution in [0, 0.1) is 11.3 Å². The summed E-state index contributed by atoms with van der Waals surface area (Å²) in [6.45, 7) is 0. The van der Waals surface area contributed by atoms with Crippen molar-refractivity contribution in [2.24, 2.45) is 0 Å². The third-order valence-electron chi connectivity index (χ3n) is 1.87. The first-order valence-electron chi connectivity index (χ1n) is 4.40. The molecule has 0 unspecified atom stereocenters. The van der Waals surface area contributed by atoms with E-state index in [-0.39, 0.29) is 17.0 Å². The lowest BCUT2D eigenvalue weighted by Gasteiger charge is -2.11. The summed E-state index contributed by atoms with van der Waals surface area (Å²) in [6, 6.07) is 3.72. The van der Waals surface area contributed by atoms with E-state index in [1.807, 2.05) is 0 Å². The Hall–Kier alpha value is -1.39. The average Bonchev–Trinajstić information content (AvgIpc) is 2.26. The standard InChI is InChI=1S/C10H5ClF3NO2S/c11-3-5-1-6(4-15)8(18-10(12,13)14)7(2-5)9(16)17/h1-2H,3H2,(H,16,17). The van der Waals surface area contributed by atoms with Crippen molar-refractivity contribution in [3.05, 3.63) is 28.8 Å². The Morgan fingerprint density at radius 1 is 1.50 bits per heavy atom. The van der Waals surface area contributed by atoms with E-state index in [9.17, 15) is 18.0 Å². The van der Waals surface area contributed by atoms with Gasteiger partial charge in [0.1, 0.15) is 6.07 Å². The summed E-state index contributed by atoms with van der Waals surface area (Å²) in [5.74, 6) is -1.63. The maximum atomic E-state index is 12.3. The largest absolute Gasteiger partial charge is 0.478 e. The summed E-state index contributed by atoms with van der Waals surface area (Å²) in [4.78, 5) is 10.3. The minimum atomic E-state index is -4.67. The van der Waals surface area contributed by atoms with Crippen molar-refractivity contribution in [2.75, 3.05) is 0 Å². The Kier molecular flexibility index (Phi) is 4.48. The summed E-state index contributed by atoms with van der Waals surface area (Å²) in [5, 5.41) is 17.6. The lowest BCUT2D eigenvalue weighted by molar-refractivity contribution is -0.0328. The van der Waals surface area contributed by atoms with Crippen LogP contribution in [-0.2, 0) is 5.88 Å². The van der Waals surface area contributed by atoms with Gasteiger partial charge in [-0.1, -0.05) is 0 Å². The van der Waals surface area contributed by atoms with Crippen LogP contribution in [0.5, 0.6) is 0 Å². The van der Waals surface area contributed by atoms with Crippen LogP contribution in [0.3, 0.4) is 0 Å². The lowest BCUT2D eigenvalue weighted by atomic mass is 10.1. The molecule has 8 heteroatoms. The predicted octanol–water partition coefficient (Wildman–Crippen LogP) is 3.61. The molecule has 1 rings (SSSR count). The summed E-state index contributed by atoms with van der Waals surface area (Å²) in [5.41, 5.74) is -5.32. The van der Waals surface area contributed by atoms with Crippen molar-refractivity contribution < 1.29 is 23.1 Å². The fraction of sp³-hybridized carbons (Fsp3) is 0.200. The predicted molar refractivity (Wildman–Crippen MR) is 59.6 cm³/mol. The molecular formula is C10H5ClF3NO2S. The maximum absolute atomic E-state index is 12.3. The van der Waals surface area contributed by atoms with E-state index >= 15 is 0 Å². The zero-order chi connectivity index (χ0) is 13.9. The monoisotopic (exact) mass is 295 g/mol. The third kappa shape index (κ3) is 3.55. The summed E-state index contributed by atoms with van der Waals surface area (Å²) >= 11 is 4.87. The van der Waals surface area contributed by atoms with E-state index in [1.165, 1.54) is 0 Å².